The molecule has 2 aliphatic rings. The second-order valence-corrected chi connectivity index (χ2v) is 7.52. The molecule has 0 N–H and O–H groups in total. The molecule has 3 rings (SSSR count). The molecule has 1 aromatic carbocycles. The van der Waals surface area contributed by atoms with Gasteiger partial charge in [0.2, 0.25) is 10.0 Å². The molecule has 0 saturated carbocycles. The first-order valence-corrected chi connectivity index (χ1v) is 8.73. The maximum absolute atomic E-state index is 12.7. The molecule has 2 unspecified atom stereocenters. The lowest BCUT2D eigenvalue weighted by Gasteiger charge is -2.31. The standard InChI is InChI=1S/C15H19NO4S/c1-2-15(17)11-4-3-5-14(8-11)21(18,19)16-9-12-6-7-13(10-16)20-12/h3-5,8,12-13H,2,6-7,9-10H2,1H3. The second kappa shape index (κ2) is 5.51. The molecular weight excluding hydrogens is 290 g/mol. The van der Waals surface area contributed by atoms with E-state index in [1.807, 2.05) is 0 Å². The van der Waals surface area contributed by atoms with Gasteiger partial charge in [0.05, 0.1) is 17.1 Å². The summed E-state index contributed by atoms with van der Waals surface area (Å²) < 4.78 is 32.6. The molecule has 0 spiro atoms. The number of carbonyl (C=O) groups is 1. The van der Waals surface area contributed by atoms with E-state index in [0.717, 1.165) is 12.8 Å². The van der Waals surface area contributed by atoms with Gasteiger partial charge < -0.3 is 4.74 Å². The van der Waals surface area contributed by atoms with Gasteiger partial charge in [0.25, 0.3) is 0 Å². The Morgan fingerprint density at radius 1 is 1.29 bits per heavy atom. The van der Waals surface area contributed by atoms with E-state index in [1.165, 1.54) is 10.4 Å². The number of nitrogens with zero attached hydrogens (tertiary/aromatic N) is 1. The van der Waals surface area contributed by atoms with Crippen molar-refractivity contribution in [2.45, 2.75) is 43.3 Å². The summed E-state index contributed by atoms with van der Waals surface area (Å²) in [7, 11) is -3.55. The Hall–Kier alpha value is -1.24. The summed E-state index contributed by atoms with van der Waals surface area (Å²) >= 11 is 0. The summed E-state index contributed by atoms with van der Waals surface area (Å²) in [5.74, 6) is -0.0471. The summed E-state index contributed by atoms with van der Waals surface area (Å²) in [4.78, 5) is 12.0. The fraction of sp³-hybridized carbons (Fsp3) is 0.533. The van der Waals surface area contributed by atoms with Gasteiger partial charge in [-0.05, 0) is 25.0 Å². The van der Waals surface area contributed by atoms with Crippen LogP contribution in [-0.2, 0) is 14.8 Å². The van der Waals surface area contributed by atoms with E-state index in [0.29, 0.717) is 25.1 Å². The van der Waals surface area contributed by atoms with Crippen LogP contribution in [0.25, 0.3) is 0 Å². The molecule has 2 bridgehead atoms. The lowest BCUT2D eigenvalue weighted by molar-refractivity contribution is -0.0114. The number of rotatable bonds is 4. The highest BCUT2D eigenvalue weighted by atomic mass is 32.2. The number of ketones is 1. The van der Waals surface area contributed by atoms with E-state index in [4.69, 9.17) is 4.74 Å². The number of morpholine rings is 1. The summed E-state index contributed by atoms with van der Waals surface area (Å²) in [5.41, 5.74) is 0.454. The first kappa shape index (κ1) is 14.7. The van der Waals surface area contributed by atoms with Crippen LogP contribution < -0.4 is 0 Å². The van der Waals surface area contributed by atoms with Crippen molar-refractivity contribution in [3.63, 3.8) is 0 Å². The molecule has 21 heavy (non-hydrogen) atoms. The van der Waals surface area contributed by atoms with E-state index in [9.17, 15) is 13.2 Å². The molecule has 0 radical (unpaired) electrons. The van der Waals surface area contributed by atoms with Crippen LogP contribution >= 0.6 is 0 Å². The van der Waals surface area contributed by atoms with Crippen LogP contribution in [0, 0.1) is 0 Å². The van der Waals surface area contributed by atoms with Crippen molar-refractivity contribution in [3.8, 4) is 0 Å². The van der Waals surface area contributed by atoms with Crippen molar-refractivity contribution in [3.05, 3.63) is 29.8 Å². The van der Waals surface area contributed by atoms with Gasteiger partial charge in [-0.2, -0.15) is 4.31 Å². The van der Waals surface area contributed by atoms with Crippen LogP contribution in [0.2, 0.25) is 0 Å². The van der Waals surface area contributed by atoms with E-state index < -0.39 is 10.0 Å². The number of hydrogen-bond donors (Lipinski definition) is 0. The zero-order valence-corrected chi connectivity index (χ0v) is 12.8. The third kappa shape index (κ3) is 2.75. The zero-order chi connectivity index (χ0) is 15.0. The van der Waals surface area contributed by atoms with Gasteiger partial charge in [0.1, 0.15) is 0 Å². The molecule has 0 amide bonds. The van der Waals surface area contributed by atoms with Crippen molar-refractivity contribution in [2.75, 3.05) is 13.1 Å². The molecule has 2 atom stereocenters. The molecule has 2 heterocycles. The Balaban J connectivity index is 1.89. The molecule has 2 fully saturated rings. The molecule has 2 saturated heterocycles. The smallest absolute Gasteiger partial charge is 0.243 e. The number of fused-ring (bicyclic) bond motifs is 2. The summed E-state index contributed by atoms with van der Waals surface area (Å²) in [5, 5.41) is 0. The summed E-state index contributed by atoms with van der Waals surface area (Å²) in [6.07, 6.45) is 2.24. The number of benzene rings is 1. The van der Waals surface area contributed by atoms with Gasteiger partial charge in [0, 0.05) is 25.1 Å². The number of hydrogen-bond acceptors (Lipinski definition) is 4. The molecular formula is C15H19NO4S. The maximum Gasteiger partial charge on any atom is 0.243 e. The quantitative estimate of drug-likeness (QED) is 0.796. The Kier molecular flexibility index (Phi) is 3.86. The lowest BCUT2D eigenvalue weighted by Crippen LogP contribution is -2.45. The van der Waals surface area contributed by atoms with Crippen LogP contribution in [-0.4, -0.2) is 43.8 Å². The number of sulfonamides is 1. The number of Topliss-reactive ketones (excluding diaryl/α,β-unsaturated/α-hetero) is 1. The first-order chi connectivity index (χ1) is 10.0. The summed E-state index contributed by atoms with van der Waals surface area (Å²) in [6, 6.07) is 6.33. The molecule has 0 aromatic heterocycles. The SMILES string of the molecule is CCC(=O)c1cccc(S(=O)(=O)N2CC3CCC(C2)O3)c1. The lowest BCUT2D eigenvalue weighted by atomic mass is 10.1. The highest BCUT2D eigenvalue weighted by molar-refractivity contribution is 7.89. The van der Waals surface area contributed by atoms with Crippen molar-refractivity contribution in [1.29, 1.82) is 0 Å². The predicted octanol–water partition coefficient (Wildman–Crippen LogP) is 1.83. The molecule has 5 nitrogen and oxygen atoms in total. The van der Waals surface area contributed by atoms with Gasteiger partial charge in [-0.3, -0.25) is 4.79 Å². The fourth-order valence-electron chi connectivity index (χ4n) is 2.96. The van der Waals surface area contributed by atoms with Crippen LogP contribution in [0.3, 0.4) is 0 Å². The van der Waals surface area contributed by atoms with Crippen LogP contribution in [0.5, 0.6) is 0 Å². The number of ether oxygens (including phenoxy) is 1. The van der Waals surface area contributed by atoms with Crippen molar-refractivity contribution in [2.24, 2.45) is 0 Å². The van der Waals surface area contributed by atoms with Gasteiger partial charge >= 0.3 is 0 Å². The largest absolute Gasteiger partial charge is 0.372 e. The van der Waals surface area contributed by atoms with Gasteiger partial charge in [-0.15, -0.1) is 0 Å². The van der Waals surface area contributed by atoms with Crippen LogP contribution in [0.15, 0.2) is 29.2 Å². The van der Waals surface area contributed by atoms with E-state index in [2.05, 4.69) is 0 Å². The van der Waals surface area contributed by atoms with Crippen molar-refractivity contribution in [1.82, 2.24) is 4.31 Å². The van der Waals surface area contributed by atoms with Crippen molar-refractivity contribution >= 4 is 15.8 Å². The highest BCUT2D eigenvalue weighted by Crippen LogP contribution is 2.30. The van der Waals surface area contributed by atoms with E-state index >= 15 is 0 Å². The normalized spacial score (nSPS) is 26.0. The minimum absolute atomic E-state index is 0.0129. The average molecular weight is 309 g/mol. The Morgan fingerprint density at radius 3 is 2.57 bits per heavy atom. The third-order valence-corrected chi connectivity index (χ3v) is 5.95. The van der Waals surface area contributed by atoms with Gasteiger partial charge in [0.15, 0.2) is 5.78 Å². The van der Waals surface area contributed by atoms with Crippen LogP contribution in [0.1, 0.15) is 36.5 Å². The monoisotopic (exact) mass is 309 g/mol. The topological polar surface area (TPSA) is 63.7 Å². The number of carbonyl (C=O) groups excluding carboxylic acids is 1. The van der Waals surface area contributed by atoms with Crippen molar-refractivity contribution < 1.29 is 17.9 Å². The minimum atomic E-state index is -3.55. The van der Waals surface area contributed by atoms with Gasteiger partial charge in [-0.1, -0.05) is 19.1 Å². The zero-order valence-electron chi connectivity index (χ0n) is 12.0. The maximum atomic E-state index is 12.7. The average Bonchev–Trinajstić information content (AvgIpc) is 2.84. The molecule has 2 aliphatic heterocycles. The second-order valence-electron chi connectivity index (χ2n) is 5.58. The fourth-order valence-corrected chi connectivity index (χ4v) is 4.51. The molecule has 1 aromatic rings. The Labute approximate surface area is 124 Å². The minimum Gasteiger partial charge on any atom is -0.372 e. The molecule has 6 heteroatoms. The Morgan fingerprint density at radius 2 is 1.95 bits per heavy atom. The first-order valence-electron chi connectivity index (χ1n) is 7.29. The summed E-state index contributed by atoms with van der Waals surface area (Å²) in [6.45, 7) is 2.58. The van der Waals surface area contributed by atoms with Gasteiger partial charge in [-0.25, -0.2) is 8.42 Å². The molecule has 0 aliphatic carbocycles. The third-order valence-electron chi connectivity index (χ3n) is 4.12. The van der Waals surface area contributed by atoms with E-state index in [-0.39, 0.29) is 22.9 Å². The Bertz CT molecular complexity index is 643. The predicted molar refractivity (Wildman–Crippen MR) is 77.7 cm³/mol. The van der Waals surface area contributed by atoms with Crippen LogP contribution in [0.4, 0.5) is 0 Å². The molecule has 114 valence electrons. The highest BCUT2D eigenvalue weighted by Gasteiger charge is 2.39. The van der Waals surface area contributed by atoms with E-state index in [1.54, 1.807) is 25.1 Å².